The molecule has 0 bridgehead atoms. The number of halogens is 1. The summed E-state index contributed by atoms with van der Waals surface area (Å²) in [7, 11) is 0. The molecule has 6 nitrogen and oxygen atoms in total. The minimum Gasteiger partial charge on any atom is -0.508 e. The van der Waals surface area contributed by atoms with Crippen molar-refractivity contribution in [2.75, 3.05) is 0 Å². The molecule has 1 aliphatic heterocycles. The van der Waals surface area contributed by atoms with Gasteiger partial charge < -0.3 is 9.94 Å². The van der Waals surface area contributed by atoms with Crippen LogP contribution in [0, 0.1) is 3.57 Å². The highest BCUT2D eigenvalue weighted by Crippen LogP contribution is 2.19. The van der Waals surface area contributed by atoms with E-state index in [1.54, 1.807) is 12.1 Å². The summed E-state index contributed by atoms with van der Waals surface area (Å²) >= 11 is 2.06. The first kappa shape index (κ1) is 14.8. The second-order valence-corrected chi connectivity index (χ2v) is 5.61. The molecule has 0 radical (unpaired) electrons. The molecule has 1 heterocycles. The minimum atomic E-state index is -0.646. The zero-order chi connectivity index (χ0) is 14.7. The Hall–Kier alpha value is -1.64. The van der Waals surface area contributed by atoms with Crippen LogP contribution in [-0.4, -0.2) is 28.0 Å². The van der Waals surface area contributed by atoms with Crippen molar-refractivity contribution in [2.45, 2.75) is 25.7 Å². The van der Waals surface area contributed by atoms with E-state index in [4.69, 9.17) is 4.84 Å². The molecule has 0 atom stereocenters. The number of nitrogens with zero attached hydrogens (tertiary/aromatic N) is 1. The Balaban J connectivity index is 1.89. The van der Waals surface area contributed by atoms with Gasteiger partial charge in [-0.2, -0.15) is 0 Å². The molecule has 1 saturated heterocycles. The van der Waals surface area contributed by atoms with E-state index in [0.717, 1.165) is 9.13 Å². The number of aromatic hydroxyl groups is 1. The van der Waals surface area contributed by atoms with Crippen LogP contribution in [0.5, 0.6) is 5.75 Å². The first-order valence-corrected chi connectivity index (χ1v) is 7.08. The lowest BCUT2D eigenvalue weighted by Crippen LogP contribution is -2.32. The van der Waals surface area contributed by atoms with E-state index in [9.17, 15) is 19.5 Å². The summed E-state index contributed by atoms with van der Waals surface area (Å²) in [6.07, 6.45) is 0.545. The SMILES string of the molecule is O=C(CCc1cc(O)cc(I)c1)ON1C(=O)CCC1=O. The summed E-state index contributed by atoms with van der Waals surface area (Å²) in [5.41, 5.74) is 0.783. The lowest BCUT2D eigenvalue weighted by Gasteiger charge is -2.12. The maximum Gasteiger partial charge on any atom is 0.333 e. The van der Waals surface area contributed by atoms with E-state index >= 15 is 0 Å². The quantitative estimate of drug-likeness (QED) is 0.624. The number of aryl methyl sites for hydroxylation is 1. The summed E-state index contributed by atoms with van der Waals surface area (Å²) in [6.45, 7) is 0. The number of carbonyl (C=O) groups is 3. The molecule has 1 aromatic carbocycles. The van der Waals surface area contributed by atoms with Crippen molar-refractivity contribution in [3.63, 3.8) is 0 Å². The third-order valence-electron chi connectivity index (χ3n) is 2.76. The Morgan fingerprint density at radius 2 is 1.90 bits per heavy atom. The van der Waals surface area contributed by atoms with Gasteiger partial charge in [-0.05, 0) is 52.8 Å². The average Bonchev–Trinajstić information content (AvgIpc) is 2.67. The molecule has 106 valence electrons. The van der Waals surface area contributed by atoms with Gasteiger partial charge in [-0.15, -0.1) is 5.06 Å². The van der Waals surface area contributed by atoms with E-state index < -0.39 is 17.8 Å². The lowest BCUT2D eigenvalue weighted by molar-refractivity contribution is -0.197. The highest BCUT2D eigenvalue weighted by Gasteiger charge is 2.32. The van der Waals surface area contributed by atoms with Gasteiger partial charge >= 0.3 is 5.97 Å². The Kier molecular flexibility index (Phi) is 4.58. The zero-order valence-corrected chi connectivity index (χ0v) is 12.6. The van der Waals surface area contributed by atoms with Gasteiger partial charge in [0.25, 0.3) is 11.8 Å². The Morgan fingerprint density at radius 3 is 2.50 bits per heavy atom. The summed E-state index contributed by atoms with van der Waals surface area (Å²) in [6, 6.07) is 4.99. The molecule has 0 saturated carbocycles. The monoisotopic (exact) mass is 389 g/mol. The molecule has 0 spiro atoms. The fraction of sp³-hybridized carbons (Fsp3) is 0.308. The number of imide groups is 1. The van der Waals surface area contributed by atoms with E-state index in [0.29, 0.717) is 11.5 Å². The van der Waals surface area contributed by atoms with Crippen LogP contribution < -0.4 is 0 Å². The Bertz CT molecular complexity index is 536. The van der Waals surface area contributed by atoms with Crippen molar-refractivity contribution in [1.82, 2.24) is 5.06 Å². The van der Waals surface area contributed by atoms with Gasteiger partial charge in [0, 0.05) is 16.4 Å². The number of rotatable bonds is 4. The highest BCUT2D eigenvalue weighted by atomic mass is 127. The predicted molar refractivity (Wildman–Crippen MR) is 76.3 cm³/mol. The summed E-state index contributed by atoms with van der Waals surface area (Å²) < 4.78 is 0.857. The fourth-order valence-corrected chi connectivity index (χ4v) is 2.55. The molecule has 2 amide bonds. The molecular weight excluding hydrogens is 377 g/mol. The lowest BCUT2D eigenvalue weighted by atomic mass is 10.1. The topological polar surface area (TPSA) is 83.9 Å². The molecule has 1 aliphatic rings. The number of carbonyl (C=O) groups excluding carboxylic acids is 3. The van der Waals surface area contributed by atoms with Crippen molar-refractivity contribution in [2.24, 2.45) is 0 Å². The van der Waals surface area contributed by atoms with Crippen LogP contribution in [0.4, 0.5) is 0 Å². The van der Waals surface area contributed by atoms with Crippen LogP contribution in [0.2, 0.25) is 0 Å². The Morgan fingerprint density at radius 1 is 1.25 bits per heavy atom. The van der Waals surface area contributed by atoms with Gasteiger partial charge in [-0.3, -0.25) is 9.59 Å². The number of benzene rings is 1. The third kappa shape index (κ3) is 3.69. The summed E-state index contributed by atoms with van der Waals surface area (Å²) in [4.78, 5) is 38.9. The van der Waals surface area contributed by atoms with Gasteiger partial charge in [0.15, 0.2) is 0 Å². The molecule has 1 aromatic rings. The van der Waals surface area contributed by atoms with Gasteiger partial charge in [-0.1, -0.05) is 0 Å². The van der Waals surface area contributed by atoms with E-state index in [1.807, 2.05) is 6.07 Å². The van der Waals surface area contributed by atoms with Crippen LogP contribution in [0.15, 0.2) is 18.2 Å². The second kappa shape index (κ2) is 6.21. The molecule has 0 unspecified atom stereocenters. The van der Waals surface area contributed by atoms with Crippen LogP contribution >= 0.6 is 22.6 Å². The maximum absolute atomic E-state index is 11.6. The molecule has 7 heteroatoms. The zero-order valence-electron chi connectivity index (χ0n) is 10.5. The molecule has 0 aliphatic carbocycles. The summed E-state index contributed by atoms with van der Waals surface area (Å²) in [5, 5.41) is 9.98. The summed E-state index contributed by atoms with van der Waals surface area (Å²) in [5.74, 6) is -1.50. The number of hydrogen-bond donors (Lipinski definition) is 1. The van der Waals surface area contributed by atoms with Gasteiger partial charge in [0.1, 0.15) is 5.75 Å². The fourth-order valence-electron chi connectivity index (χ4n) is 1.83. The van der Waals surface area contributed by atoms with Gasteiger partial charge in [0.05, 0.1) is 6.42 Å². The van der Waals surface area contributed by atoms with Gasteiger partial charge in [0.2, 0.25) is 0 Å². The van der Waals surface area contributed by atoms with Crippen molar-refractivity contribution >= 4 is 40.4 Å². The van der Waals surface area contributed by atoms with E-state index in [1.165, 1.54) is 0 Å². The number of phenolic OH excluding ortho intramolecular Hbond substituents is 1. The minimum absolute atomic E-state index is 0.0244. The number of amides is 2. The maximum atomic E-state index is 11.6. The second-order valence-electron chi connectivity index (χ2n) is 4.36. The molecule has 2 rings (SSSR count). The number of hydrogen-bond acceptors (Lipinski definition) is 5. The first-order chi connectivity index (χ1) is 9.45. The van der Waals surface area contributed by atoms with Crippen molar-refractivity contribution in [3.8, 4) is 5.75 Å². The highest BCUT2D eigenvalue weighted by molar-refractivity contribution is 14.1. The standard InChI is InChI=1S/C13H12INO5/c14-9-5-8(6-10(16)7-9)1-4-13(19)20-15-11(17)2-3-12(15)18/h5-7,16H,1-4H2. The Labute approximate surface area is 128 Å². The first-order valence-electron chi connectivity index (χ1n) is 6.01. The smallest absolute Gasteiger partial charge is 0.333 e. The molecule has 0 aromatic heterocycles. The normalized spacial score (nSPS) is 14.8. The van der Waals surface area contributed by atoms with Crippen molar-refractivity contribution in [1.29, 1.82) is 0 Å². The van der Waals surface area contributed by atoms with Crippen molar-refractivity contribution < 1.29 is 24.3 Å². The van der Waals surface area contributed by atoms with Crippen molar-refractivity contribution in [3.05, 3.63) is 27.3 Å². The third-order valence-corrected chi connectivity index (χ3v) is 3.38. The average molecular weight is 389 g/mol. The van der Waals surface area contributed by atoms with Crippen LogP contribution in [0.25, 0.3) is 0 Å². The van der Waals surface area contributed by atoms with Crippen LogP contribution in [0.3, 0.4) is 0 Å². The van der Waals surface area contributed by atoms with E-state index in [-0.39, 0.29) is 25.0 Å². The largest absolute Gasteiger partial charge is 0.508 e. The van der Waals surface area contributed by atoms with Crippen LogP contribution in [0.1, 0.15) is 24.8 Å². The number of phenols is 1. The van der Waals surface area contributed by atoms with E-state index in [2.05, 4.69) is 22.6 Å². The number of hydroxylamine groups is 2. The van der Waals surface area contributed by atoms with Gasteiger partial charge in [-0.25, -0.2) is 4.79 Å². The molecule has 1 N–H and O–H groups in total. The van der Waals surface area contributed by atoms with Crippen LogP contribution in [-0.2, 0) is 25.6 Å². The molecule has 1 fully saturated rings. The molecular formula is C13H12INO5. The molecule has 20 heavy (non-hydrogen) atoms. The predicted octanol–water partition coefficient (Wildman–Crippen LogP) is 1.54.